The molecule has 1 N–H and O–H groups in total. The highest BCUT2D eigenvalue weighted by molar-refractivity contribution is 4.97. The van der Waals surface area contributed by atoms with E-state index in [-0.39, 0.29) is 6.10 Å². The topological polar surface area (TPSA) is 29.5 Å². The summed E-state index contributed by atoms with van der Waals surface area (Å²) in [5, 5.41) is 8.44. The summed E-state index contributed by atoms with van der Waals surface area (Å²) in [5.74, 6) is 1.34. The van der Waals surface area contributed by atoms with Gasteiger partial charge >= 0.3 is 0 Å². The minimum Gasteiger partial charge on any atom is -0.251 e. The molecule has 1 rings (SSSR count). The Hall–Kier alpha value is -0.340. The Morgan fingerprint density at radius 1 is 1.55 bits per heavy atom. The fourth-order valence-corrected chi connectivity index (χ4v) is 1.50. The maximum absolute atomic E-state index is 8.44. The Kier molecular flexibility index (Phi) is 3.09. The van der Waals surface area contributed by atoms with Crippen molar-refractivity contribution in [2.45, 2.75) is 32.8 Å². The summed E-state index contributed by atoms with van der Waals surface area (Å²) < 4.78 is 0. The molecule has 0 fully saturated rings. The van der Waals surface area contributed by atoms with Crippen LogP contribution < -0.4 is 0 Å². The first-order valence-corrected chi connectivity index (χ1v) is 4.21. The van der Waals surface area contributed by atoms with Gasteiger partial charge in [0.15, 0.2) is 0 Å². The van der Waals surface area contributed by atoms with E-state index in [9.17, 15) is 0 Å². The summed E-state index contributed by atoms with van der Waals surface area (Å²) in [6, 6.07) is 0. The summed E-state index contributed by atoms with van der Waals surface area (Å²) in [7, 11) is 0. The fourth-order valence-electron chi connectivity index (χ4n) is 1.50. The summed E-state index contributed by atoms with van der Waals surface area (Å²) in [4.78, 5) is 4.28. The SMILES string of the molecule is CC(C)C1CC=CC(OO)C1. The molecule has 11 heavy (non-hydrogen) atoms. The van der Waals surface area contributed by atoms with Gasteiger partial charge in [-0.15, -0.1) is 0 Å². The van der Waals surface area contributed by atoms with Crippen LogP contribution in [0.2, 0.25) is 0 Å². The molecule has 1 aliphatic rings. The van der Waals surface area contributed by atoms with Crippen molar-refractivity contribution < 1.29 is 10.1 Å². The Balaban J connectivity index is 2.44. The van der Waals surface area contributed by atoms with Crippen molar-refractivity contribution in [3.05, 3.63) is 12.2 Å². The van der Waals surface area contributed by atoms with Gasteiger partial charge in [0.2, 0.25) is 0 Å². The molecule has 2 unspecified atom stereocenters. The van der Waals surface area contributed by atoms with Crippen LogP contribution in [-0.2, 0) is 4.89 Å². The molecule has 2 atom stereocenters. The molecule has 0 bridgehead atoms. The Bertz CT molecular complexity index is 140. The van der Waals surface area contributed by atoms with Crippen LogP contribution in [-0.4, -0.2) is 11.4 Å². The highest BCUT2D eigenvalue weighted by Crippen LogP contribution is 2.26. The Labute approximate surface area is 67.8 Å². The van der Waals surface area contributed by atoms with Crippen LogP contribution in [0, 0.1) is 11.8 Å². The molecule has 0 aliphatic heterocycles. The third kappa shape index (κ3) is 2.31. The zero-order chi connectivity index (χ0) is 8.27. The third-order valence-corrected chi connectivity index (χ3v) is 2.40. The smallest absolute Gasteiger partial charge is 0.111 e. The summed E-state index contributed by atoms with van der Waals surface area (Å²) in [5.41, 5.74) is 0. The van der Waals surface area contributed by atoms with Crippen molar-refractivity contribution >= 4 is 0 Å². The zero-order valence-corrected chi connectivity index (χ0v) is 7.16. The lowest BCUT2D eigenvalue weighted by molar-refractivity contribution is -0.270. The Morgan fingerprint density at radius 3 is 2.82 bits per heavy atom. The van der Waals surface area contributed by atoms with E-state index in [0.29, 0.717) is 11.8 Å². The molecule has 64 valence electrons. The Morgan fingerprint density at radius 2 is 2.27 bits per heavy atom. The number of rotatable bonds is 2. The second-order valence-corrected chi connectivity index (χ2v) is 3.55. The summed E-state index contributed by atoms with van der Waals surface area (Å²) in [6.07, 6.45) is 6.02. The van der Waals surface area contributed by atoms with E-state index >= 15 is 0 Å². The molecule has 0 aromatic heterocycles. The average Bonchev–Trinajstić information content (AvgIpc) is 2.05. The molecule has 2 nitrogen and oxygen atoms in total. The van der Waals surface area contributed by atoms with Gasteiger partial charge in [0.05, 0.1) is 0 Å². The van der Waals surface area contributed by atoms with E-state index in [1.165, 1.54) is 0 Å². The van der Waals surface area contributed by atoms with Crippen LogP contribution in [0.15, 0.2) is 12.2 Å². The maximum atomic E-state index is 8.44. The minimum atomic E-state index is -0.0730. The monoisotopic (exact) mass is 156 g/mol. The van der Waals surface area contributed by atoms with Crippen molar-refractivity contribution in [3.8, 4) is 0 Å². The number of allylic oxidation sites excluding steroid dienone is 1. The molecule has 0 spiro atoms. The van der Waals surface area contributed by atoms with Gasteiger partial charge in [-0.3, -0.25) is 5.26 Å². The van der Waals surface area contributed by atoms with Gasteiger partial charge in [-0.25, -0.2) is 4.89 Å². The molecule has 0 heterocycles. The first-order chi connectivity index (χ1) is 5.24. The lowest BCUT2D eigenvalue weighted by Crippen LogP contribution is -2.21. The van der Waals surface area contributed by atoms with Gasteiger partial charge in [-0.2, -0.15) is 0 Å². The quantitative estimate of drug-likeness (QED) is 0.378. The van der Waals surface area contributed by atoms with Gasteiger partial charge in [0.1, 0.15) is 6.10 Å². The molecule has 0 amide bonds. The van der Waals surface area contributed by atoms with E-state index in [1.807, 2.05) is 6.08 Å². The third-order valence-electron chi connectivity index (χ3n) is 2.40. The molecule has 0 saturated carbocycles. The summed E-state index contributed by atoms with van der Waals surface area (Å²) in [6.45, 7) is 4.41. The second-order valence-electron chi connectivity index (χ2n) is 3.55. The van der Waals surface area contributed by atoms with Gasteiger partial charge in [0, 0.05) is 0 Å². The molecule has 0 saturated heterocycles. The molecule has 0 aromatic carbocycles. The van der Waals surface area contributed by atoms with E-state index in [0.717, 1.165) is 12.8 Å². The van der Waals surface area contributed by atoms with E-state index < -0.39 is 0 Å². The minimum absolute atomic E-state index is 0.0730. The zero-order valence-electron chi connectivity index (χ0n) is 7.16. The lowest BCUT2D eigenvalue weighted by Gasteiger charge is -2.25. The molecule has 0 aromatic rings. The van der Waals surface area contributed by atoms with Crippen LogP contribution >= 0.6 is 0 Å². The van der Waals surface area contributed by atoms with Gasteiger partial charge in [-0.1, -0.05) is 26.0 Å². The lowest BCUT2D eigenvalue weighted by atomic mass is 9.84. The first kappa shape index (κ1) is 8.75. The van der Waals surface area contributed by atoms with Gasteiger partial charge in [-0.05, 0) is 24.7 Å². The predicted molar refractivity (Wildman–Crippen MR) is 44.2 cm³/mol. The largest absolute Gasteiger partial charge is 0.251 e. The van der Waals surface area contributed by atoms with Gasteiger partial charge in [0.25, 0.3) is 0 Å². The predicted octanol–water partition coefficient (Wildman–Crippen LogP) is 2.47. The fraction of sp³-hybridized carbons (Fsp3) is 0.778. The number of hydrogen-bond acceptors (Lipinski definition) is 2. The molecule has 2 heteroatoms. The summed E-state index contributed by atoms with van der Waals surface area (Å²) >= 11 is 0. The highest BCUT2D eigenvalue weighted by Gasteiger charge is 2.20. The van der Waals surface area contributed by atoms with Crippen LogP contribution in [0.25, 0.3) is 0 Å². The van der Waals surface area contributed by atoms with Crippen LogP contribution in [0.1, 0.15) is 26.7 Å². The van der Waals surface area contributed by atoms with Crippen molar-refractivity contribution in [1.29, 1.82) is 0 Å². The average molecular weight is 156 g/mol. The normalized spacial score (nSPS) is 31.3. The van der Waals surface area contributed by atoms with Crippen molar-refractivity contribution in [3.63, 3.8) is 0 Å². The van der Waals surface area contributed by atoms with Crippen molar-refractivity contribution in [1.82, 2.24) is 0 Å². The van der Waals surface area contributed by atoms with Crippen molar-refractivity contribution in [2.75, 3.05) is 0 Å². The van der Waals surface area contributed by atoms with Crippen molar-refractivity contribution in [2.24, 2.45) is 11.8 Å². The second kappa shape index (κ2) is 3.88. The van der Waals surface area contributed by atoms with Crippen LogP contribution in [0.3, 0.4) is 0 Å². The maximum Gasteiger partial charge on any atom is 0.111 e. The van der Waals surface area contributed by atoms with Crippen LogP contribution in [0.4, 0.5) is 0 Å². The standard InChI is InChI=1S/C9H16O2/c1-7(2)8-4-3-5-9(6-8)11-10/h3,5,7-10H,4,6H2,1-2H3. The van der Waals surface area contributed by atoms with E-state index in [1.54, 1.807) is 0 Å². The molecule has 0 radical (unpaired) electrons. The molecular weight excluding hydrogens is 140 g/mol. The molecule has 1 aliphatic carbocycles. The highest BCUT2D eigenvalue weighted by atomic mass is 17.1. The van der Waals surface area contributed by atoms with E-state index in [4.69, 9.17) is 5.26 Å². The van der Waals surface area contributed by atoms with Gasteiger partial charge < -0.3 is 0 Å². The molecular formula is C9H16O2. The van der Waals surface area contributed by atoms with E-state index in [2.05, 4.69) is 24.8 Å². The first-order valence-electron chi connectivity index (χ1n) is 4.21. The number of hydrogen-bond donors (Lipinski definition) is 1. The van der Waals surface area contributed by atoms with Crippen LogP contribution in [0.5, 0.6) is 0 Å².